The minimum Gasteiger partial charge on any atom is -0.480 e. The second-order valence-electron chi connectivity index (χ2n) is 7.69. The van der Waals surface area contributed by atoms with Crippen LogP contribution in [0.5, 0.6) is 0 Å². The molecule has 29 heavy (non-hydrogen) atoms. The van der Waals surface area contributed by atoms with Crippen LogP contribution in [-0.2, 0) is 11.0 Å². The van der Waals surface area contributed by atoms with Gasteiger partial charge in [0.1, 0.15) is 11.4 Å². The van der Waals surface area contributed by atoms with Gasteiger partial charge in [0.25, 0.3) is 0 Å². The molecule has 2 rings (SSSR count). The summed E-state index contributed by atoms with van der Waals surface area (Å²) in [6, 6.07) is 2.01. The van der Waals surface area contributed by atoms with Gasteiger partial charge in [-0.3, -0.25) is 4.79 Å². The second-order valence-corrected chi connectivity index (χ2v) is 7.69. The lowest BCUT2D eigenvalue weighted by atomic mass is 9.74. The number of pyridine rings is 1. The Labute approximate surface area is 167 Å². The molecule has 1 aromatic rings. The summed E-state index contributed by atoms with van der Waals surface area (Å²) in [5.41, 5.74) is 4.27. The predicted octanol–water partition coefficient (Wildman–Crippen LogP) is 2.05. The third-order valence-electron chi connectivity index (χ3n) is 5.52. The maximum absolute atomic E-state index is 13.1. The predicted molar refractivity (Wildman–Crippen MR) is 102 cm³/mol. The molecule has 7 nitrogen and oxygen atoms in total. The maximum atomic E-state index is 13.1. The van der Waals surface area contributed by atoms with E-state index in [1.807, 2.05) is 0 Å². The SMILES string of the molecule is Cc1cc(C(F)(F)F)cc(N2CCC(C(N)(CCCCB(O)O)C(=O)O)CC2)n1. The van der Waals surface area contributed by atoms with Gasteiger partial charge in [0.2, 0.25) is 0 Å². The zero-order valence-electron chi connectivity index (χ0n) is 16.3. The molecule has 162 valence electrons. The number of aliphatic carboxylic acids is 1. The zero-order valence-corrected chi connectivity index (χ0v) is 16.3. The lowest BCUT2D eigenvalue weighted by Gasteiger charge is -2.40. The van der Waals surface area contributed by atoms with Crippen LogP contribution in [0, 0.1) is 12.8 Å². The summed E-state index contributed by atoms with van der Waals surface area (Å²) >= 11 is 0. The summed E-state index contributed by atoms with van der Waals surface area (Å²) in [5, 5.41) is 27.4. The molecule has 1 saturated heterocycles. The van der Waals surface area contributed by atoms with Crippen LogP contribution < -0.4 is 10.6 Å². The first-order chi connectivity index (χ1) is 13.4. The number of anilines is 1. The van der Waals surface area contributed by atoms with Crippen LogP contribution in [0.2, 0.25) is 6.32 Å². The third kappa shape index (κ3) is 6.07. The maximum Gasteiger partial charge on any atom is 0.451 e. The van der Waals surface area contributed by atoms with Gasteiger partial charge in [-0.05, 0) is 50.6 Å². The van der Waals surface area contributed by atoms with Crippen molar-refractivity contribution in [2.45, 2.75) is 57.1 Å². The average Bonchev–Trinajstić information content (AvgIpc) is 2.63. The molecule has 0 saturated carbocycles. The fourth-order valence-electron chi connectivity index (χ4n) is 3.83. The molecule has 2 heterocycles. The van der Waals surface area contributed by atoms with Crippen molar-refractivity contribution < 1.29 is 33.1 Å². The molecule has 1 aliphatic heterocycles. The van der Waals surface area contributed by atoms with E-state index in [-0.39, 0.29) is 30.2 Å². The number of carbonyl (C=O) groups is 1. The topological polar surface area (TPSA) is 120 Å². The smallest absolute Gasteiger partial charge is 0.451 e. The number of alkyl halides is 3. The van der Waals surface area contributed by atoms with Crippen molar-refractivity contribution in [2.24, 2.45) is 11.7 Å². The summed E-state index contributed by atoms with van der Waals surface area (Å²) < 4.78 is 39.2. The van der Waals surface area contributed by atoms with Gasteiger partial charge in [-0.1, -0.05) is 12.8 Å². The Kier molecular flexibility index (Phi) is 7.53. The minimum atomic E-state index is -4.46. The molecule has 0 aliphatic carbocycles. The Morgan fingerprint density at radius 2 is 1.90 bits per heavy atom. The first kappa shape index (κ1) is 23.4. The first-order valence-electron chi connectivity index (χ1n) is 9.62. The Balaban J connectivity index is 2.04. The van der Waals surface area contributed by atoms with Gasteiger partial charge < -0.3 is 25.8 Å². The summed E-state index contributed by atoms with van der Waals surface area (Å²) in [4.78, 5) is 17.8. The Morgan fingerprint density at radius 1 is 1.28 bits per heavy atom. The molecule has 5 N–H and O–H groups in total. The molecule has 1 atom stereocenters. The second kappa shape index (κ2) is 9.31. The van der Waals surface area contributed by atoms with Crippen LogP contribution in [0.1, 0.15) is 43.4 Å². The Bertz CT molecular complexity index is 712. The number of nitrogens with two attached hydrogens (primary N) is 1. The third-order valence-corrected chi connectivity index (χ3v) is 5.52. The fourth-order valence-corrected chi connectivity index (χ4v) is 3.83. The van der Waals surface area contributed by atoms with E-state index in [4.69, 9.17) is 15.8 Å². The van der Waals surface area contributed by atoms with Crippen molar-refractivity contribution in [2.75, 3.05) is 18.0 Å². The summed E-state index contributed by atoms with van der Waals surface area (Å²) in [5.74, 6) is -1.22. The molecule has 1 unspecified atom stereocenters. The number of aromatic nitrogens is 1. The molecule has 1 aliphatic rings. The van der Waals surface area contributed by atoms with Gasteiger partial charge in [-0.15, -0.1) is 0 Å². The average molecular weight is 417 g/mol. The van der Waals surface area contributed by atoms with Crippen LogP contribution in [0.25, 0.3) is 0 Å². The van der Waals surface area contributed by atoms with E-state index < -0.39 is 30.4 Å². The Morgan fingerprint density at radius 3 is 2.41 bits per heavy atom. The van der Waals surface area contributed by atoms with Crippen molar-refractivity contribution in [1.29, 1.82) is 0 Å². The highest BCUT2D eigenvalue weighted by Crippen LogP contribution is 2.35. The summed E-state index contributed by atoms with van der Waals surface area (Å²) in [7, 11) is -1.43. The number of carboxylic acid groups (broad SMARTS) is 1. The summed E-state index contributed by atoms with van der Waals surface area (Å²) in [6.07, 6.45) is -2.40. The number of hydrogen-bond acceptors (Lipinski definition) is 6. The zero-order chi connectivity index (χ0) is 21.8. The van der Waals surface area contributed by atoms with Crippen LogP contribution in [0.3, 0.4) is 0 Å². The molecule has 0 aromatic carbocycles. The minimum absolute atomic E-state index is 0.148. The van der Waals surface area contributed by atoms with Crippen LogP contribution in [0.4, 0.5) is 19.0 Å². The van der Waals surface area contributed by atoms with Gasteiger partial charge in [0.15, 0.2) is 0 Å². The molecule has 0 radical (unpaired) electrons. The van der Waals surface area contributed by atoms with Crippen molar-refractivity contribution >= 4 is 18.9 Å². The molecular weight excluding hydrogens is 390 g/mol. The van der Waals surface area contributed by atoms with Gasteiger partial charge in [-0.2, -0.15) is 13.2 Å². The lowest BCUT2D eigenvalue weighted by Crippen LogP contribution is -2.57. The molecule has 1 aromatic heterocycles. The van der Waals surface area contributed by atoms with E-state index in [9.17, 15) is 23.1 Å². The fraction of sp³-hybridized carbons (Fsp3) is 0.667. The largest absolute Gasteiger partial charge is 0.480 e. The number of carboxylic acids is 1. The highest BCUT2D eigenvalue weighted by molar-refractivity contribution is 6.40. The molecule has 0 spiro atoms. The number of unbranched alkanes of at least 4 members (excludes halogenated alkanes) is 1. The van der Waals surface area contributed by atoms with Crippen LogP contribution in [-0.4, -0.2) is 51.9 Å². The van der Waals surface area contributed by atoms with Crippen molar-refractivity contribution in [3.8, 4) is 0 Å². The van der Waals surface area contributed by atoms with E-state index in [1.165, 1.54) is 6.92 Å². The van der Waals surface area contributed by atoms with E-state index in [0.29, 0.717) is 38.8 Å². The number of rotatable bonds is 8. The van der Waals surface area contributed by atoms with E-state index in [0.717, 1.165) is 12.1 Å². The monoisotopic (exact) mass is 417 g/mol. The van der Waals surface area contributed by atoms with Crippen molar-refractivity contribution in [3.63, 3.8) is 0 Å². The van der Waals surface area contributed by atoms with Crippen molar-refractivity contribution in [1.82, 2.24) is 4.98 Å². The Hall–Kier alpha value is -1.85. The number of halogens is 3. The first-order valence-corrected chi connectivity index (χ1v) is 9.62. The number of piperidine rings is 1. The highest BCUT2D eigenvalue weighted by Gasteiger charge is 2.43. The molecular formula is C18H27BF3N3O4. The van der Waals surface area contributed by atoms with E-state index >= 15 is 0 Å². The normalized spacial score (nSPS) is 17.8. The van der Waals surface area contributed by atoms with Gasteiger partial charge >= 0.3 is 19.3 Å². The standard InChI is InChI=1S/C18H27BF3N3O4/c1-12-10-14(18(20,21)22)11-15(24-12)25-8-4-13(5-9-25)17(23,16(26)27)6-2-3-7-19(28)29/h10-11,13,28-29H,2-9,23H2,1H3,(H,26,27). The van der Waals surface area contributed by atoms with Crippen molar-refractivity contribution in [3.05, 3.63) is 23.4 Å². The molecule has 1 fully saturated rings. The highest BCUT2D eigenvalue weighted by atomic mass is 19.4. The van der Waals surface area contributed by atoms with Crippen LogP contribution in [0.15, 0.2) is 12.1 Å². The molecule has 0 bridgehead atoms. The number of aryl methyl sites for hydroxylation is 1. The number of nitrogens with zero attached hydrogens (tertiary/aromatic N) is 2. The molecule has 0 amide bonds. The molecule has 11 heteroatoms. The van der Waals surface area contributed by atoms with Gasteiger partial charge in [0, 0.05) is 18.8 Å². The quantitative estimate of drug-likeness (QED) is 0.378. The van der Waals surface area contributed by atoms with E-state index in [1.54, 1.807) is 4.90 Å². The summed E-state index contributed by atoms with van der Waals surface area (Å²) in [6.45, 7) is 2.23. The van der Waals surface area contributed by atoms with Crippen LogP contribution >= 0.6 is 0 Å². The van der Waals surface area contributed by atoms with E-state index in [2.05, 4.69) is 4.98 Å². The lowest BCUT2D eigenvalue weighted by molar-refractivity contribution is -0.146. The number of hydrogen-bond donors (Lipinski definition) is 4. The van der Waals surface area contributed by atoms with Gasteiger partial charge in [-0.25, -0.2) is 4.98 Å². The van der Waals surface area contributed by atoms with Gasteiger partial charge in [0.05, 0.1) is 5.56 Å².